The molecule has 1 aromatic carbocycles. The number of nitrogens with zero attached hydrogens (tertiary/aromatic N) is 1. The van der Waals surface area contributed by atoms with Crippen LogP contribution in [-0.4, -0.2) is 25.6 Å². The molecule has 4 nitrogen and oxygen atoms in total. The van der Waals surface area contributed by atoms with Gasteiger partial charge in [-0.15, -0.1) is 0 Å². The first kappa shape index (κ1) is 13.7. The van der Waals surface area contributed by atoms with Gasteiger partial charge in [0, 0.05) is 5.56 Å². The van der Waals surface area contributed by atoms with E-state index < -0.39 is 9.84 Å². The summed E-state index contributed by atoms with van der Waals surface area (Å²) in [6.07, 6.45) is 3.68. The lowest BCUT2D eigenvalue weighted by atomic mass is 10.2. The molecule has 0 aliphatic rings. The Bertz CT molecular complexity index is 480. The molecule has 0 heterocycles. The highest BCUT2D eigenvalue weighted by Gasteiger charge is 2.16. The summed E-state index contributed by atoms with van der Waals surface area (Å²) in [4.78, 5) is 0.230. The predicted octanol–water partition coefficient (Wildman–Crippen LogP) is 2.46. The highest BCUT2D eigenvalue weighted by molar-refractivity contribution is 7.91. The monoisotopic (exact) mass is 255 g/mol. The van der Waals surface area contributed by atoms with E-state index in [2.05, 4.69) is 5.16 Å². The molecule has 0 saturated heterocycles. The van der Waals surface area contributed by atoms with Gasteiger partial charge in [0.25, 0.3) is 0 Å². The normalized spacial score (nSPS) is 12.1. The van der Waals surface area contributed by atoms with Crippen molar-refractivity contribution < 1.29 is 13.6 Å². The molecule has 17 heavy (non-hydrogen) atoms. The molecule has 94 valence electrons. The van der Waals surface area contributed by atoms with Gasteiger partial charge in [-0.2, -0.15) is 0 Å². The Labute approximate surface area is 102 Å². The third-order valence-electron chi connectivity index (χ3n) is 2.47. The first-order valence-corrected chi connectivity index (χ1v) is 7.26. The summed E-state index contributed by atoms with van der Waals surface area (Å²) in [5.41, 5.74) is 0.423. The van der Waals surface area contributed by atoms with E-state index in [0.29, 0.717) is 12.0 Å². The zero-order valence-corrected chi connectivity index (χ0v) is 10.7. The smallest absolute Gasteiger partial charge is 0.179 e. The maximum atomic E-state index is 12.1. The first-order valence-electron chi connectivity index (χ1n) is 5.61. The van der Waals surface area contributed by atoms with Crippen LogP contribution in [-0.2, 0) is 9.84 Å². The highest BCUT2D eigenvalue weighted by Crippen LogP contribution is 2.17. The molecule has 5 heteroatoms. The van der Waals surface area contributed by atoms with Crippen LogP contribution in [0.3, 0.4) is 0 Å². The summed E-state index contributed by atoms with van der Waals surface area (Å²) in [7, 11) is -3.29. The zero-order valence-electron chi connectivity index (χ0n) is 9.83. The molecule has 0 radical (unpaired) electrons. The highest BCUT2D eigenvalue weighted by atomic mass is 32.2. The number of rotatable bonds is 6. The Balaban J connectivity index is 2.98. The van der Waals surface area contributed by atoms with Crippen molar-refractivity contribution in [2.24, 2.45) is 5.16 Å². The third-order valence-corrected chi connectivity index (χ3v) is 4.34. The largest absolute Gasteiger partial charge is 0.411 e. The van der Waals surface area contributed by atoms with Crippen LogP contribution < -0.4 is 0 Å². The van der Waals surface area contributed by atoms with Crippen LogP contribution in [0, 0.1) is 0 Å². The summed E-state index contributed by atoms with van der Waals surface area (Å²) in [6.45, 7) is 2.03. The van der Waals surface area contributed by atoms with Crippen LogP contribution in [0.25, 0.3) is 0 Å². The van der Waals surface area contributed by atoms with Gasteiger partial charge >= 0.3 is 0 Å². The van der Waals surface area contributed by atoms with Gasteiger partial charge in [-0.3, -0.25) is 0 Å². The SMILES string of the molecule is CCCCCS(=O)(=O)c1ccccc1/C=N\O. The third kappa shape index (κ3) is 3.85. The van der Waals surface area contributed by atoms with Crippen molar-refractivity contribution in [3.8, 4) is 0 Å². The van der Waals surface area contributed by atoms with Crippen LogP contribution in [0.5, 0.6) is 0 Å². The summed E-state index contributed by atoms with van der Waals surface area (Å²) >= 11 is 0. The topological polar surface area (TPSA) is 66.7 Å². The molecular weight excluding hydrogens is 238 g/mol. The number of sulfone groups is 1. The average molecular weight is 255 g/mol. The van der Waals surface area contributed by atoms with Crippen molar-refractivity contribution in [2.75, 3.05) is 5.75 Å². The Hall–Kier alpha value is -1.36. The minimum Gasteiger partial charge on any atom is -0.411 e. The lowest BCUT2D eigenvalue weighted by molar-refractivity contribution is 0.321. The first-order chi connectivity index (χ1) is 8.11. The van der Waals surface area contributed by atoms with E-state index in [0.717, 1.165) is 19.1 Å². The maximum absolute atomic E-state index is 12.1. The maximum Gasteiger partial charge on any atom is 0.179 e. The molecule has 0 amide bonds. The Morgan fingerprint density at radius 3 is 2.65 bits per heavy atom. The van der Waals surface area contributed by atoms with Crippen molar-refractivity contribution in [3.63, 3.8) is 0 Å². The summed E-state index contributed by atoms with van der Waals surface area (Å²) in [5, 5.41) is 11.4. The fourth-order valence-corrected chi connectivity index (χ4v) is 3.15. The second-order valence-electron chi connectivity index (χ2n) is 3.81. The second-order valence-corrected chi connectivity index (χ2v) is 5.89. The van der Waals surface area contributed by atoms with E-state index >= 15 is 0 Å². The van der Waals surface area contributed by atoms with Crippen LogP contribution in [0.1, 0.15) is 31.7 Å². The molecule has 0 aromatic heterocycles. The van der Waals surface area contributed by atoms with Gasteiger partial charge in [0.2, 0.25) is 0 Å². The standard InChI is InChI=1S/C12H17NO3S/c1-2-3-6-9-17(15,16)12-8-5-4-7-11(12)10-13-14/h4-5,7-8,10,14H,2-3,6,9H2,1H3/b13-10-. The number of oxime groups is 1. The van der Waals surface area contributed by atoms with E-state index in [-0.39, 0.29) is 10.6 Å². The number of unbranched alkanes of at least 4 members (excludes halogenated alkanes) is 2. The Morgan fingerprint density at radius 1 is 1.29 bits per heavy atom. The Morgan fingerprint density at radius 2 is 2.00 bits per heavy atom. The van der Waals surface area contributed by atoms with Crippen LogP contribution >= 0.6 is 0 Å². The van der Waals surface area contributed by atoms with Crippen molar-refractivity contribution >= 4 is 16.1 Å². The Kier molecular flexibility index (Phi) is 5.15. The minimum atomic E-state index is -3.29. The molecule has 0 aliphatic carbocycles. The molecule has 1 rings (SSSR count). The van der Waals surface area contributed by atoms with Crippen LogP contribution in [0.4, 0.5) is 0 Å². The number of hydrogen-bond acceptors (Lipinski definition) is 4. The van der Waals surface area contributed by atoms with Gasteiger partial charge in [0.15, 0.2) is 9.84 Å². The van der Waals surface area contributed by atoms with Crippen molar-refractivity contribution in [3.05, 3.63) is 29.8 Å². The summed E-state index contributed by atoms with van der Waals surface area (Å²) < 4.78 is 24.1. The van der Waals surface area contributed by atoms with E-state index in [4.69, 9.17) is 5.21 Å². The molecule has 0 saturated carbocycles. The van der Waals surface area contributed by atoms with Gasteiger partial charge in [-0.05, 0) is 12.5 Å². The lowest BCUT2D eigenvalue weighted by Crippen LogP contribution is -2.09. The summed E-state index contributed by atoms with van der Waals surface area (Å²) in [5.74, 6) is 0.136. The summed E-state index contributed by atoms with van der Waals surface area (Å²) in [6, 6.07) is 6.54. The zero-order chi connectivity index (χ0) is 12.7. The molecule has 0 unspecified atom stereocenters. The molecule has 0 bridgehead atoms. The number of benzene rings is 1. The van der Waals surface area contributed by atoms with E-state index in [1.54, 1.807) is 18.2 Å². The molecule has 0 atom stereocenters. The average Bonchev–Trinajstić information content (AvgIpc) is 2.30. The van der Waals surface area contributed by atoms with Crippen molar-refractivity contribution in [1.29, 1.82) is 0 Å². The van der Waals surface area contributed by atoms with Gasteiger partial charge < -0.3 is 5.21 Å². The molecule has 1 N–H and O–H groups in total. The molecular formula is C12H17NO3S. The minimum absolute atomic E-state index is 0.136. The van der Waals surface area contributed by atoms with E-state index in [9.17, 15) is 8.42 Å². The fraction of sp³-hybridized carbons (Fsp3) is 0.417. The van der Waals surface area contributed by atoms with E-state index in [1.807, 2.05) is 6.92 Å². The van der Waals surface area contributed by atoms with Crippen molar-refractivity contribution in [1.82, 2.24) is 0 Å². The molecule has 1 aromatic rings. The van der Waals surface area contributed by atoms with Gasteiger partial charge in [0.1, 0.15) is 0 Å². The fourth-order valence-electron chi connectivity index (χ4n) is 1.58. The predicted molar refractivity (Wildman–Crippen MR) is 67.4 cm³/mol. The van der Waals surface area contributed by atoms with Crippen LogP contribution in [0.2, 0.25) is 0 Å². The van der Waals surface area contributed by atoms with Crippen molar-refractivity contribution in [2.45, 2.75) is 31.1 Å². The van der Waals surface area contributed by atoms with Gasteiger partial charge in [0.05, 0.1) is 16.9 Å². The molecule has 0 spiro atoms. The second kappa shape index (κ2) is 6.39. The lowest BCUT2D eigenvalue weighted by Gasteiger charge is -2.06. The van der Waals surface area contributed by atoms with Gasteiger partial charge in [-0.25, -0.2) is 8.42 Å². The number of hydrogen-bond donors (Lipinski definition) is 1. The van der Waals surface area contributed by atoms with E-state index in [1.165, 1.54) is 6.07 Å². The molecule has 0 fully saturated rings. The molecule has 0 aliphatic heterocycles. The quantitative estimate of drug-likeness (QED) is 0.367. The van der Waals surface area contributed by atoms with Gasteiger partial charge in [-0.1, -0.05) is 43.1 Å². The van der Waals surface area contributed by atoms with Crippen LogP contribution in [0.15, 0.2) is 34.3 Å².